The second-order valence-corrected chi connectivity index (χ2v) is 11.3. The van der Waals surface area contributed by atoms with Crippen molar-refractivity contribution in [2.45, 2.75) is 32.9 Å². The topological polar surface area (TPSA) is 148 Å². The molecule has 5 aromatic rings. The number of rotatable bonds is 5. The largest absolute Gasteiger partial charge is 0.443 e. The van der Waals surface area contributed by atoms with E-state index < -0.39 is 11.7 Å². The Kier molecular flexibility index (Phi) is 7.22. The number of nitrogens with one attached hydrogen (secondary N) is 1. The van der Waals surface area contributed by atoms with Gasteiger partial charge >= 0.3 is 12.1 Å². The van der Waals surface area contributed by atoms with Gasteiger partial charge in [0.15, 0.2) is 5.82 Å². The molecule has 0 bridgehead atoms. The molecule has 0 aliphatic carbocycles. The standard InChI is InChI=1S/C33H28N8O4/c1-6-25(42)38-21-9-7-19(8-10-21)28-26-24-12-11-23(44-31-35-14-13-22(16-34)39-31)15-20(24)17-41(32(43)45-33(2,3)4)30-27(26)29(40(28)5)36-18-37-30/h6-15,18H,1,17H2,2-5H3,(H,38,42). The number of carbonyl (C=O) groups is 2. The molecule has 1 aliphatic heterocycles. The summed E-state index contributed by atoms with van der Waals surface area (Å²) in [4.78, 5) is 44.5. The molecule has 1 aliphatic rings. The summed E-state index contributed by atoms with van der Waals surface area (Å²) in [6, 6.07) is 16.4. The molecule has 12 nitrogen and oxygen atoms in total. The van der Waals surface area contributed by atoms with E-state index in [1.165, 1.54) is 29.6 Å². The van der Waals surface area contributed by atoms with E-state index in [0.717, 1.165) is 27.9 Å². The molecular formula is C33H28N8O4. The van der Waals surface area contributed by atoms with Gasteiger partial charge in [0.25, 0.3) is 0 Å². The molecule has 12 heteroatoms. The van der Waals surface area contributed by atoms with E-state index in [4.69, 9.17) is 9.47 Å². The first-order chi connectivity index (χ1) is 21.6. The van der Waals surface area contributed by atoms with Gasteiger partial charge in [-0.15, -0.1) is 0 Å². The number of fused-ring (bicyclic) bond motifs is 2. The maximum atomic E-state index is 13.7. The van der Waals surface area contributed by atoms with E-state index in [-0.39, 0.29) is 24.2 Å². The number of aryl methyl sites for hydroxylation is 1. The minimum atomic E-state index is -0.750. The number of hydrogen-bond acceptors (Lipinski definition) is 9. The Bertz CT molecular complexity index is 2040. The lowest BCUT2D eigenvalue weighted by molar-refractivity contribution is -0.111. The third kappa shape index (κ3) is 5.54. The van der Waals surface area contributed by atoms with E-state index in [0.29, 0.717) is 28.3 Å². The molecule has 2 aromatic carbocycles. The number of hydrogen-bond donors (Lipinski definition) is 1. The Morgan fingerprint density at radius 1 is 1.09 bits per heavy atom. The molecule has 0 saturated carbocycles. The van der Waals surface area contributed by atoms with Gasteiger partial charge in [-0.3, -0.25) is 9.69 Å². The van der Waals surface area contributed by atoms with Crippen molar-refractivity contribution in [3.8, 4) is 40.2 Å². The summed E-state index contributed by atoms with van der Waals surface area (Å²) in [5.41, 5.74) is 4.75. The Balaban J connectivity index is 1.55. The minimum absolute atomic E-state index is 0.0206. The summed E-state index contributed by atoms with van der Waals surface area (Å²) in [7, 11) is 1.90. The molecule has 0 saturated heterocycles. The number of ether oxygens (including phenoxy) is 2. The highest BCUT2D eigenvalue weighted by molar-refractivity contribution is 6.12. The highest BCUT2D eigenvalue weighted by atomic mass is 16.6. The average molecular weight is 601 g/mol. The van der Waals surface area contributed by atoms with Crippen molar-refractivity contribution in [2.75, 3.05) is 10.2 Å². The fourth-order valence-corrected chi connectivity index (χ4v) is 5.23. The van der Waals surface area contributed by atoms with Crippen LogP contribution >= 0.6 is 0 Å². The number of benzene rings is 2. The number of nitrogens with zero attached hydrogens (tertiary/aromatic N) is 7. The molecule has 6 rings (SSSR count). The van der Waals surface area contributed by atoms with Crippen molar-refractivity contribution in [1.82, 2.24) is 24.5 Å². The fraction of sp³-hybridized carbons (Fsp3) is 0.182. The summed E-state index contributed by atoms with van der Waals surface area (Å²) < 4.78 is 13.7. The van der Waals surface area contributed by atoms with Crippen LogP contribution in [-0.4, -0.2) is 42.1 Å². The van der Waals surface area contributed by atoms with Crippen molar-refractivity contribution in [2.24, 2.45) is 7.05 Å². The quantitative estimate of drug-likeness (QED) is 0.235. The molecule has 0 radical (unpaired) electrons. The van der Waals surface area contributed by atoms with Gasteiger partial charge in [-0.1, -0.05) is 24.8 Å². The van der Waals surface area contributed by atoms with Gasteiger partial charge in [0.1, 0.15) is 35.1 Å². The summed E-state index contributed by atoms with van der Waals surface area (Å²) in [6.45, 7) is 9.05. The Morgan fingerprint density at radius 2 is 1.87 bits per heavy atom. The zero-order chi connectivity index (χ0) is 31.9. The van der Waals surface area contributed by atoms with E-state index in [1.54, 1.807) is 26.8 Å². The second-order valence-electron chi connectivity index (χ2n) is 11.3. The second kappa shape index (κ2) is 11.2. The molecule has 0 atom stereocenters. The lowest BCUT2D eigenvalue weighted by Gasteiger charge is -2.26. The van der Waals surface area contributed by atoms with Crippen LogP contribution in [0.15, 0.2) is 73.7 Å². The maximum absolute atomic E-state index is 13.7. The van der Waals surface area contributed by atoms with E-state index >= 15 is 0 Å². The number of amides is 2. The number of nitriles is 1. The normalized spacial score (nSPS) is 12.1. The van der Waals surface area contributed by atoms with Crippen LogP contribution in [0.5, 0.6) is 11.8 Å². The van der Waals surface area contributed by atoms with Crippen molar-refractivity contribution in [3.05, 3.63) is 85.0 Å². The first-order valence-corrected chi connectivity index (χ1v) is 14.0. The van der Waals surface area contributed by atoms with Crippen LogP contribution in [0.2, 0.25) is 0 Å². The summed E-state index contributed by atoms with van der Waals surface area (Å²) in [5, 5.41) is 12.7. The highest BCUT2D eigenvalue weighted by Gasteiger charge is 2.34. The molecule has 0 unspecified atom stereocenters. The number of anilines is 2. The van der Waals surface area contributed by atoms with Crippen LogP contribution in [0, 0.1) is 11.3 Å². The van der Waals surface area contributed by atoms with Gasteiger partial charge in [0, 0.05) is 24.5 Å². The SMILES string of the molecule is C=CC(=O)Nc1ccc(-c2c3c4c(ncnc4n2C)N(C(=O)OC(C)(C)C)Cc2cc(Oc4nccc(C#N)n4)ccc2-3)cc1. The van der Waals surface area contributed by atoms with Crippen LogP contribution in [0.25, 0.3) is 33.4 Å². The van der Waals surface area contributed by atoms with Gasteiger partial charge in [-0.05, 0) is 73.9 Å². The van der Waals surface area contributed by atoms with Crippen LogP contribution in [0.1, 0.15) is 32.0 Å². The zero-order valence-corrected chi connectivity index (χ0v) is 25.0. The molecule has 4 heterocycles. The van der Waals surface area contributed by atoms with E-state index in [2.05, 4.69) is 31.8 Å². The van der Waals surface area contributed by atoms with E-state index in [9.17, 15) is 14.9 Å². The summed E-state index contributed by atoms with van der Waals surface area (Å²) >= 11 is 0. The molecule has 3 aromatic heterocycles. The molecule has 45 heavy (non-hydrogen) atoms. The predicted octanol–water partition coefficient (Wildman–Crippen LogP) is 6.14. The zero-order valence-electron chi connectivity index (χ0n) is 25.0. The molecule has 1 N–H and O–H groups in total. The first kappa shape index (κ1) is 29.0. The van der Waals surface area contributed by atoms with Crippen LogP contribution in [0.4, 0.5) is 16.3 Å². The maximum Gasteiger partial charge on any atom is 0.416 e. The van der Waals surface area contributed by atoms with Gasteiger partial charge in [0.2, 0.25) is 5.91 Å². The predicted molar refractivity (Wildman–Crippen MR) is 167 cm³/mol. The van der Waals surface area contributed by atoms with Crippen molar-refractivity contribution >= 4 is 34.5 Å². The number of aromatic nitrogens is 5. The van der Waals surface area contributed by atoms with Crippen molar-refractivity contribution < 1.29 is 19.1 Å². The molecular weight excluding hydrogens is 572 g/mol. The third-order valence-corrected chi connectivity index (χ3v) is 7.06. The smallest absolute Gasteiger partial charge is 0.416 e. The van der Waals surface area contributed by atoms with Crippen LogP contribution < -0.4 is 15.0 Å². The Labute approximate surface area is 258 Å². The van der Waals surface area contributed by atoms with Crippen molar-refractivity contribution in [3.63, 3.8) is 0 Å². The molecule has 0 fully saturated rings. The lowest BCUT2D eigenvalue weighted by Crippen LogP contribution is -2.37. The lowest BCUT2D eigenvalue weighted by atomic mass is 9.95. The molecule has 2 amide bonds. The summed E-state index contributed by atoms with van der Waals surface area (Å²) in [5.74, 6) is 0.517. The summed E-state index contributed by atoms with van der Waals surface area (Å²) in [6.07, 6.45) is 3.53. The van der Waals surface area contributed by atoms with Gasteiger partial charge in [-0.25, -0.2) is 19.7 Å². The van der Waals surface area contributed by atoms with Crippen LogP contribution in [-0.2, 0) is 23.1 Å². The average Bonchev–Trinajstić information content (AvgIpc) is 3.22. The third-order valence-electron chi connectivity index (χ3n) is 7.06. The first-order valence-electron chi connectivity index (χ1n) is 14.0. The minimum Gasteiger partial charge on any atom is -0.443 e. The molecule has 0 spiro atoms. The Hall–Kier alpha value is -6.09. The monoisotopic (exact) mass is 600 g/mol. The van der Waals surface area contributed by atoms with Crippen LogP contribution in [0.3, 0.4) is 0 Å². The fourth-order valence-electron chi connectivity index (χ4n) is 5.23. The highest BCUT2D eigenvalue weighted by Crippen LogP contribution is 2.47. The molecule has 224 valence electrons. The van der Waals surface area contributed by atoms with E-state index in [1.807, 2.05) is 54.1 Å². The van der Waals surface area contributed by atoms with Gasteiger partial charge < -0.3 is 19.4 Å². The Morgan fingerprint density at radius 3 is 2.58 bits per heavy atom. The van der Waals surface area contributed by atoms with Gasteiger partial charge in [-0.2, -0.15) is 10.2 Å². The van der Waals surface area contributed by atoms with Gasteiger partial charge in [0.05, 0.1) is 17.6 Å². The van der Waals surface area contributed by atoms with Crippen molar-refractivity contribution in [1.29, 1.82) is 5.26 Å². The number of carbonyl (C=O) groups excluding carboxylic acids is 2.